The molecule has 5 heterocycles. The zero-order valence-corrected chi connectivity index (χ0v) is 26.1. The van der Waals surface area contributed by atoms with E-state index in [2.05, 4.69) is 27.5 Å². The smallest absolute Gasteiger partial charge is 0.256 e. The molecule has 1 aromatic carbocycles. The van der Waals surface area contributed by atoms with E-state index >= 15 is 0 Å². The summed E-state index contributed by atoms with van der Waals surface area (Å²) in [5, 5.41) is 4.76. The zero-order chi connectivity index (χ0) is 30.2. The second-order valence-electron chi connectivity index (χ2n) is 13.5. The Morgan fingerprint density at radius 1 is 0.977 bits per heavy atom. The number of nitrogens with one attached hydrogen (secondary N) is 1. The molecule has 2 aromatic heterocycles. The first kappa shape index (κ1) is 29.8. The number of carbonyl (C=O) groups excluding carboxylic acids is 2. The molecule has 43 heavy (non-hydrogen) atoms. The van der Waals surface area contributed by atoms with Crippen molar-refractivity contribution in [2.75, 3.05) is 13.1 Å². The van der Waals surface area contributed by atoms with Crippen LogP contribution in [0.25, 0.3) is 16.6 Å². The summed E-state index contributed by atoms with van der Waals surface area (Å²) in [5.74, 6) is 0.523. The quantitative estimate of drug-likeness (QED) is 0.360. The van der Waals surface area contributed by atoms with E-state index in [-0.39, 0.29) is 24.0 Å². The number of hydrogen-bond donors (Lipinski definition) is 1. The first-order valence-electron chi connectivity index (χ1n) is 16.3. The van der Waals surface area contributed by atoms with E-state index in [1.54, 1.807) is 11.0 Å². The third kappa shape index (κ3) is 5.83. The Morgan fingerprint density at radius 2 is 1.67 bits per heavy atom. The molecule has 4 aliphatic rings. The summed E-state index contributed by atoms with van der Waals surface area (Å²) >= 11 is 0. The van der Waals surface area contributed by atoms with Crippen LogP contribution in [0, 0.1) is 11.7 Å². The molecule has 7 rings (SSSR count). The van der Waals surface area contributed by atoms with Crippen molar-refractivity contribution < 1.29 is 14.0 Å². The lowest BCUT2D eigenvalue weighted by Crippen LogP contribution is -2.59. The van der Waals surface area contributed by atoms with Crippen molar-refractivity contribution in [3.8, 4) is 5.69 Å². The van der Waals surface area contributed by atoms with Crippen LogP contribution in [0.3, 0.4) is 0 Å². The number of rotatable bonds is 6. The Bertz CT molecular complexity index is 1460. The number of nitrogens with zero attached hydrogens (tertiary/aromatic N) is 4. The van der Waals surface area contributed by atoms with E-state index in [4.69, 9.17) is 0 Å². The number of carbonyl (C=O) groups is 2. The van der Waals surface area contributed by atoms with Crippen LogP contribution < -0.4 is 5.32 Å². The number of amides is 2. The SMILES string of the molecule is CC(C)N(C(=O)c1cc(F)ccc1-n1cc(C2CCCN(C(=O)[C@@H]3NC4CCC3CC4)CCC2)c2ccncc21)C(C)C. The van der Waals surface area contributed by atoms with Crippen LogP contribution in [0.5, 0.6) is 0 Å². The van der Waals surface area contributed by atoms with Gasteiger partial charge in [0.15, 0.2) is 0 Å². The first-order chi connectivity index (χ1) is 20.7. The molecule has 1 aliphatic carbocycles. The average molecular weight is 588 g/mol. The highest BCUT2D eigenvalue weighted by Crippen LogP contribution is 2.38. The summed E-state index contributed by atoms with van der Waals surface area (Å²) < 4.78 is 16.6. The number of benzene rings is 1. The largest absolute Gasteiger partial charge is 0.341 e. The molecule has 4 fully saturated rings. The summed E-state index contributed by atoms with van der Waals surface area (Å²) in [4.78, 5) is 35.7. The zero-order valence-electron chi connectivity index (χ0n) is 26.1. The molecule has 0 unspecified atom stereocenters. The van der Waals surface area contributed by atoms with Crippen molar-refractivity contribution in [2.24, 2.45) is 5.92 Å². The highest BCUT2D eigenvalue weighted by Gasteiger charge is 2.40. The number of fused-ring (bicyclic) bond motifs is 4. The number of likely N-dealkylation sites (tertiary alicyclic amines) is 1. The predicted molar refractivity (Wildman–Crippen MR) is 168 cm³/mol. The third-order valence-corrected chi connectivity index (χ3v) is 10.1. The summed E-state index contributed by atoms with van der Waals surface area (Å²) in [7, 11) is 0. The molecule has 2 amide bonds. The van der Waals surface area contributed by atoms with Crippen molar-refractivity contribution in [3.05, 3.63) is 59.8 Å². The van der Waals surface area contributed by atoms with E-state index in [1.165, 1.54) is 43.4 Å². The van der Waals surface area contributed by atoms with Crippen LogP contribution in [0.15, 0.2) is 42.9 Å². The Morgan fingerprint density at radius 3 is 2.30 bits per heavy atom. The topological polar surface area (TPSA) is 70.5 Å². The second kappa shape index (κ2) is 12.4. The fraction of sp³-hybridized carbons (Fsp3) is 0.571. The van der Waals surface area contributed by atoms with Crippen LogP contribution in [0.2, 0.25) is 0 Å². The van der Waals surface area contributed by atoms with Gasteiger partial charge in [-0.25, -0.2) is 4.39 Å². The Labute approximate surface area is 254 Å². The van der Waals surface area contributed by atoms with Gasteiger partial charge in [-0.1, -0.05) is 0 Å². The van der Waals surface area contributed by atoms with E-state index in [0.717, 1.165) is 49.7 Å². The summed E-state index contributed by atoms with van der Waals surface area (Å²) in [6.07, 6.45) is 14.4. The molecule has 0 spiro atoms. The van der Waals surface area contributed by atoms with E-state index in [0.29, 0.717) is 35.0 Å². The maximum atomic E-state index is 14.6. The van der Waals surface area contributed by atoms with Gasteiger partial charge >= 0.3 is 0 Å². The molecule has 230 valence electrons. The average Bonchev–Trinajstić information content (AvgIpc) is 3.36. The highest BCUT2D eigenvalue weighted by molar-refractivity contribution is 5.99. The molecule has 0 radical (unpaired) electrons. The third-order valence-electron chi connectivity index (χ3n) is 10.1. The van der Waals surface area contributed by atoms with Crippen LogP contribution in [-0.2, 0) is 4.79 Å². The van der Waals surface area contributed by atoms with Gasteiger partial charge in [-0.05, 0) is 121 Å². The molecule has 3 aromatic rings. The lowest BCUT2D eigenvalue weighted by molar-refractivity contribution is -0.137. The molecule has 1 N–H and O–H groups in total. The number of halogens is 1. The molecule has 8 heteroatoms. The maximum absolute atomic E-state index is 14.6. The van der Waals surface area contributed by atoms with E-state index in [9.17, 15) is 14.0 Å². The second-order valence-corrected chi connectivity index (χ2v) is 13.5. The fourth-order valence-corrected chi connectivity index (χ4v) is 8.04. The van der Waals surface area contributed by atoms with Gasteiger partial charge in [-0.3, -0.25) is 14.6 Å². The molecule has 1 saturated carbocycles. The van der Waals surface area contributed by atoms with E-state index in [1.807, 2.05) is 44.7 Å². The summed E-state index contributed by atoms with van der Waals surface area (Å²) in [6, 6.07) is 7.04. The molecule has 1 atom stereocenters. The van der Waals surface area contributed by atoms with Gasteiger partial charge in [0.1, 0.15) is 5.82 Å². The van der Waals surface area contributed by atoms with Crippen LogP contribution in [0.1, 0.15) is 101 Å². The van der Waals surface area contributed by atoms with Crippen molar-refractivity contribution in [3.63, 3.8) is 0 Å². The molecule has 3 aliphatic heterocycles. The summed E-state index contributed by atoms with van der Waals surface area (Å²) in [5.41, 5.74) is 3.16. The number of aromatic nitrogens is 2. The Kier molecular flexibility index (Phi) is 8.58. The number of pyridine rings is 1. The molecule has 7 nitrogen and oxygen atoms in total. The van der Waals surface area contributed by atoms with Crippen molar-refractivity contribution >= 4 is 22.7 Å². The van der Waals surface area contributed by atoms with Crippen LogP contribution in [-0.4, -0.2) is 68.4 Å². The maximum Gasteiger partial charge on any atom is 0.256 e. The molecule has 2 bridgehead atoms. The number of hydrogen-bond acceptors (Lipinski definition) is 4. The predicted octanol–water partition coefficient (Wildman–Crippen LogP) is 6.44. The Balaban J connectivity index is 1.26. The lowest BCUT2D eigenvalue weighted by Gasteiger charge is -2.44. The molecular weight excluding hydrogens is 541 g/mol. The van der Waals surface area contributed by atoms with Crippen LogP contribution in [0.4, 0.5) is 4.39 Å². The first-order valence-corrected chi connectivity index (χ1v) is 16.3. The number of piperidine rings is 2. The van der Waals surface area contributed by atoms with Gasteiger partial charge in [0.05, 0.1) is 29.0 Å². The van der Waals surface area contributed by atoms with Crippen molar-refractivity contribution in [1.29, 1.82) is 0 Å². The summed E-state index contributed by atoms with van der Waals surface area (Å²) in [6.45, 7) is 9.54. The monoisotopic (exact) mass is 587 g/mol. The minimum absolute atomic E-state index is 0.00290. The minimum atomic E-state index is -0.426. The molecule has 3 saturated heterocycles. The van der Waals surface area contributed by atoms with E-state index < -0.39 is 5.82 Å². The van der Waals surface area contributed by atoms with Crippen molar-refractivity contribution in [1.82, 2.24) is 24.7 Å². The van der Waals surface area contributed by atoms with Gasteiger partial charge in [-0.2, -0.15) is 0 Å². The molecular formula is C35H46FN5O2. The van der Waals surface area contributed by atoms with Gasteiger partial charge in [0, 0.05) is 49.0 Å². The Hall–Kier alpha value is -3.26. The van der Waals surface area contributed by atoms with Gasteiger partial charge in [-0.15, -0.1) is 0 Å². The van der Waals surface area contributed by atoms with Crippen molar-refractivity contribution in [2.45, 2.75) is 109 Å². The minimum Gasteiger partial charge on any atom is -0.341 e. The van der Waals surface area contributed by atoms with Gasteiger partial charge in [0.25, 0.3) is 5.91 Å². The van der Waals surface area contributed by atoms with Crippen LogP contribution >= 0.6 is 0 Å². The van der Waals surface area contributed by atoms with Gasteiger partial charge < -0.3 is 19.7 Å². The lowest BCUT2D eigenvalue weighted by atomic mass is 9.76. The fourth-order valence-electron chi connectivity index (χ4n) is 8.04. The highest BCUT2D eigenvalue weighted by atomic mass is 19.1. The standard InChI is InChI=1S/C35H46FN5O2/c1-22(2)41(23(3)4)34(42)29-19-26(36)11-14-31(29)40-21-30(28-15-16-37-20-32(28)40)24-7-5-17-39(18-6-8-24)35(43)33-25-9-12-27(38-33)13-10-25/h11,14-16,19-25,27,33,38H,5-10,12-13,17-18H2,1-4H3/t25?,27?,33-/m1/s1. The van der Waals surface area contributed by atoms with Gasteiger partial charge in [0.2, 0.25) is 5.91 Å². The normalized spacial score (nSPS) is 23.1.